The SMILES string of the molecule is CC1Cc2cc(-c3cc(CC(=O)NC(c4ccccc4)c4ccccc4)no3)ccc2O1. The maximum Gasteiger partial charge on any atom is 0.226 e. The third kappa shape index (κ3) is 4.28. The molecule has 0 aliphatic carbocycles. The Morgan fingerprint density at radius 2 is 1.69 bits per heavy atom. The van der Waals surface area contributed by atoms with E-state index in [-0.39, 0.29) is 24.5 Å². The number of benzene rings is 3. The Hall–Kier alpha value is -3.86. The zero-order valence-corrected chi connectivity index (χ0v) is 17.8. The van der Waals surface area contributed by atoms with E-state index in [1.165, 1.54) is 5.56 Å². The lowest BCUT2D eigenvalue weighted by Crippen LogP contribution is -2.30. The number of amides is 1. The highest BCUT2D eigenvalue weighted by molar-refractivity contribution is 5.79. The van der Waals surface area contributed by atoms with Gasteiger partial charge >= 0.3 is 0 Å². The zero-order chi connectivity index (χ0) is 21.9. The van der Waals surface area contributed by atoms with Crippen LogP contribution in [-0.2, 0) is 17.6 Å². The van der Waals surface area contributed by atoms with Crippen LogP contribution >= 0.6 is 0 Å². The molecule has 2 heterocycles. The van der Waals surface area contributed by atoms with Crippen molar-refractivity contribution >= 4 is 5.91 Å². The highest BCUT2D eigenvalue weighted by Gasteiger charge is 2.21. The fraction of sp³-hybridized carbons (Fsp3) is 0.185. The lowest BCUT2D eigenvalue weighted by molar-refractivity contribution is -0.121. The van der Waals surface area contributed by atoms with Gasteiger partial charge in [-0.1, -0.05) is 65.8 Å². The van der Waals surface area contributed by atoms with Crippen LogP contribution < -0.4 is 10.1 Å². The Bertz CT molecular complexity index is 1180. The van der Waals surface area contributed by atoms with Crippen LogP contribution in [0.25, 0.3) is 11.3 Å². The van der Waals surface area contributed by atoms with Gasteiger partial charge in [0.1, 0.15) is 11.9 Å². The van der Waals surface area contributed by atoms with Gasteiger partial charge in [-0.05, 0) is 41.8 Å². The standard InChI is InChI=1S/C27H24N2O3/c1-18-14-22-15-21(12-13-24(22)31-18)25-16-23(29-32-25)17-26(30)28-27(19-8-4-2-5-9-19)20-10-6-3-7-11-20/h2-13,15-16,18,27H,14,17H2,1H3,(H,28,30). The number of nitrogens with zero attached hydrogens (tertiary/aromatic N) is 1. The van der Waals surface area contributed by atoms with Gasteiger partial charge in [-0.3, -0.25) is 4.79 Å². The van der Waals surface area contributed by atoms with E-state index in [0.29, 0.717) is 11.5 Å². The van der Waals surface area contributed by atoms with Crippen molar-refractivity contribution in [2.45, 2.75) is 31.9 Å². The third-order valence-electron chi connectivity index (χ3n) is 5.65. The van der Waals surface area contributed by atoms with Gasteiger partial charge in [0, 0.05) is 18.1 Å². The zero-order valence-electron chi connectivity index (χ0n) is 17.8. The first-order chi connectivity index (χ1) is 15.7. The van der Waals surface area contributed by atoms with Crippen molar-refractivity contribution in [1.82, 2.24) is 10.5 Å². The molecule has 5 heteroatoms. The molecule has 5 rings (SSSR count). The van der Waals surface area contributed by atoms with Crippen molar-refractivity contribution in [3.8, 4) is 17.1 Å². The summed E-state index contributed by atoms with van der Waals surface area (Å²) in [5, 5.41) is 7.28. The van der Waals surface area contributed by atoms with Crippen molar-refractivity contribution in [2.24, 2.45) is 0 Å². The molecule has 5 nitrogen and oxygen atoms in total. The number of carbonyl (C=O) groups is 1. The summed E-state index contributed by atoms with van der Waals surface area (Å²) in [5.74, 6) is 1.46. The van der Waals surface area contributed by atoms with Crippen LogP contribution in [0, 0.1) is 0 Å². The van der Waals surface area contributed by atoms with Gasteiger partial charge in [-0.2, -0.15) is 0 Å². The van der Waals surface area contributed by atoms with E-state index in [0.717, 1.165) is 28.9 Å². The van der Waals surface area contributed by atoms with Crippen molar-refractivity contribution < 1.29 is 14.1 Å². The highest BCUT2D eigenvalue weighted by atomic mass is 16.5. The smallest absolute Gasteiger partial charge is 0.226 e. The van der Waals surface area contributed by atoms with E-state index >= 15 is 0 Å². The van der Waals surface area contributed by atoms with E-state index in [1.807, 2.05) is 78.9 Å². The third-order valence-corrected chi connectivity index (χ3v) is 5.65. The minimum atomic E-state index is -0.227. The Morgan fingerprint density at radius 1 is 1.00 bits per heavy atom. The molecule has 1 aliphatic heterocycles. The van der Waals surface area contributed by atoms with Crippen LogP contribution in [0.15, 0.2) is 89.5 Å². The molecule has 1 aliphatic rings. The molecule has 32 heavy (non-hydrogen) atoms. The van der Waals surface area contributed by atoms with Crippen LogP contribution in [0.1, 0.15) is 35.3 Å². The summed E-state index contributed by atoms with van der Waals surface area (Å²) in [4.78, 5) is 12.9. The van der Waals surface area contributed by atoms with Gasteiger partial charge in [-0.25, -0.2) is 0 Å². The van der Waals surface area contributed by atoms with Gasteiger partial charge in [0.15, 0.2) is 5.76 Å². The summed E-state index contributed by atoms with van der Waals surface area (Å²) in [6.07, 6.45) is 1.22. The van der Waals surface area contributed by atoms with Crippen molar-refractivity contribution in [3.05, 3.63) is 107 Å². The number of ether oxygens (including phenoxy) is 1. The lowest BCUT2D eigenvalue weighted by Gasteiger charge is -2.19. The molecule has 1 unspecified atom stereocenters. The van der Waals surface area contributed by atoms with Crippen LogP contribution in [0.5, 0.6) is 5.75 Å². The van der Waals surface area contributed by atoms with Crippen LogP contribution in [0.3, 0.4) is 0 Å². The second-order valence-corrected chi connectivity index (χ2v) is 8.14. The monoisotopic (exact) mass is 424 g/mol. The molecule has 160 valence electrons. The average molecular weight is 425 g/mol. The molecule has 4 aromatic rings. The van der Waals surface area contributed by atoms with Crippen molar-refractivity contribution in [1.29, 1.82) is 0 Å². The van der Waals surface area contributed by atoms with Gasteiger partial charge in [0.25, 0.3) is 0 Å². The van der Waals surface area contributed by atoms with E-state index in [1.54, 1.807) is 0 Å². The normalized spacial score (nSPS) is 14.8. The fourth-order valence-corrected chi connectivity index (χ4v) is 4.13. The largest absolute Gasteiger partial charge is 0.490 e. The molecule has 1 N–H and O–H groups in total. The van der Waals surface area contributed by atoms with Gasteiger partial charge in [0.2, 0.25) is 5.91 Å². The maximum absolute atomic E-state index is 12.9. The summed E-state index contributed by atoms with van der Waals surface area (Å²) in [7, 11) is 0. The summed E-state index contributed by atoms with van der Waals surface area (Å²) in [6.45, 7) is 2.06. The highest BCUT2D eigenvalue weighted by Crippen LogP contribution is 2.33. The summed E-state index contributed by atoms with van der Waals surface area (Å²) in [5.41, 5.74) is 4.76. The molecular weight excluding hydrogens is 400 g/mol. The lowest BCUT2D eigenvalue weighted by atomic mass is 9.98. The maximum atomic E-state index is 12.9. The Labute approximate surface area is 187 Å². The Kier molecular flexibility index (Phi) is 5.46. The van der Waals surface area contributed by atoms with E-state index in [9.17, 15) is 4.79 Å². The molecule has 1 amide bonds. The average Bonchev–Trinajstić information content (AvgIpc) is 3.43. The molecule has 0 bridgehead atoms. The molecule has 3 aromatic carbocycles. The fourth-order valence-electron chi connectivity index (χ4n) is 4.13. The molecular formula is C27H24N2O3. The van der Waals surface area contributed by atoms with Gasteiger partial charge < -0.3 is 14.6 Å². The molecule has 0 spiro atoms. The second-order valence-electron chi connectivity index (χ2n) is 8.14. The van der Waals surface area contributed by atoms with Gasteiger partial charge in [0.05, 0.1) is 18.2 Å². The molecule has 1 aromatic heterocycles. The van der Waals surface area contributed by atoms with Crippen molar-refractivity contribution in [2.75, 3.05) is 0 Å². The number of nitrogens with one attached hydrogen (secondary N) is 1. The molecule has 0 saturated carbocycles. The number of aromatic nitrogens is 1. The molecule has 0 saturated heterocycles. The summed E-state index contributed by atoms with van der Waals surface area (Å²) in [6, 6.07) is 27.5. The van der Waals surface area contributed by atoms with Crippen molar-refractivity contribution in [3.63, 3.8) is 0 Å². The number of carbonyl (C=O) groups excluding carboxylic acids is 1. The predicted octanol–water partition coefficient (Wildman–Crippen LogP) is 5.11. The number of rotatable bonds is 6. The number of fused-ring (bicyclic) bond motifs is 1. The van der Waals surface area contributed by atoms with E-state index in [4.69, 9.17) is 9.26 Å². The van der Waals surface area contributed by atoms with Gasteiger partial charge in [-0.15, -0.1) is 0 Å². The first kappa shape index (κ1) is 20.1. The topological polar surface area (TPSA) is 64.4 Å². The van der Waals surface area contributed by atoms with E-state index < -0.39 is 0 Å². The summed E-state index contributed by atoms with van der Waals surface area (Å²) < 4.78 is 11.3. The molecule has 0 fully saturated rings. The van der Waals surface area contributed by atoms with Crippen LogP contribution in [0.2, 0.25) is 0 Å². The molecule has 0 radical (unpaired) electrons. The first-order valence-electron chi connectivity index (χ1n) is 10.8. The summed E-state index contributed by atoms with van der Waals surface area (Å²) >= 11 is 0. The Balaban J connectivity index is 1.31. The number of hydrogen-bond acceptors (Lipinski definition) is 4. The van der Waals surface area contributed by atoms with Crippen LogP contribution in [-0.4, -0.2) is 17.2 Å². The van der Waals surface area contributed by atoms with E-state index in [2.05, 4.69) is 23.5 Å². The second kappa shape index (κ2) is 8.71. The Morgan fingerprint density at radius 3 is 2.38 bits per heavy atom. The minimum absolute atomic E-state index is 0.112. The minimum Gasteiger partial charge on any atom is -0.490 e. The first-order valence-corrected chi connectivity index (χ1v) is 10.8. The quantitative estimate of drug-likeness (QED) is 0.467. The molecule has 1 atom stereocenters. The number of hydrogen-bond donors (Lipinski definition) is 1. The van der Waals surface area contributed by atoms with Crippen LogP contribution in [0.4, 0.5) is 0 Å². The predicted molar refractivity (Wildman–Crippen MR) is 122 cm³/mol.